The summed E-state index contributed by atoms with van der Waals surface area (Å²) in [5, 5.41) is 3.49. The maximum absolute atomic E-state index is 8.81. The number of benzene rings is 1. The van der Waals surface area contributed by atoms with Crippen LogP contribution in [-0.4, -0.2) is 12.8 Å². The molecule has 1 N–H and O–H groups in total. The first kappa shape index (κ1) is 28.1. The van der Waals surface area contributed by atoms with E-state index in [1.807, 2.05) is 0 Å². The van der Waals surface area contributed by atoms with E-state index in [0.29, 0.717) is 0 Å². The molecule has 1 aromatic carbocycles. The molecule has 1 aromatic rings. The van der Waals surface area contributed by atoms with Gasteiger partial charge in [0.1, 0.15) is 6.29 Å². The second kappa shape index (κ2) is 22.9. The van der Waals surface area contributed by atoms with Crippen molar-refractivity contribution in [3.05, 3.63) is 35.4 Å². The van der Waals surface area contributed by atoms with Crippen LogP contribution in [0.4, 0.5) is 0 Å². The minimum Gasteiger partial charge on any atom is -0.313 e. The second-order valence-electron chi connectivity index (χ2n) is 7.83. The highest BCUT2D eigenvalue weighted by molar-refractivity contribution is 5.44. The smallest absolute Gasteiger partial charge is 0.116 e. The summed E-state index contributed by atoms with van der Waals surface area (Å²) in [6.07, 6.45) is 12.8. The van der Waals surface area contributed by atoms with Gasteiger partial charge in [0.2, 0.25) is 0 Å². The number of rotatable bonds is 12. The van der Waals surface area contributed by atoms with Crippen molar-refractivity contribution < 1.29 is 4.79 Å². The SMILES string of the molecule is CC(C)C.CC=O.CCCCCCCCc1ccc(CNCCCC)cc1. The van der Waals surface area contributed by atoms with Crippen molar-refractivity contribution in [2.75, 3.05) is 6.54 Å². The third kappa shape index (κ3) is 24.9. The highest BCUT2D eigenvalue weighted by atomic mass is 16.1. The number of hydrogen-bond donors (Lipinski definition) is 1. The van der Waals surface area contributed by atoms with E-state index in [2.05, 4.69) is 64.2 Å². The van der Waals surface area contributed by atoms with Crippen LogP contribution < -0.4 is 5.32 Å². The Morgan fingerprint density at radius 1 is 0.815 bits per heavy atom. The number of carbonyl (C=O) groups excluding carboxylic acids is 1. The molecule has 0 heterocycles. The van der Waals surface area contributed by atoms with Crippen LogP contribution in [0.25, 0.3) is 0 Å². The predicted molar refractivity (Wildman–Crippen MR) is 122 cm³/mol. The van der Waals surface area contributed by atoms with Crippen LogP contribution in [0.1, 0.15) is 104 Å². The van der Waals surface area contributed by atoms with Gasteiger partial charge < -0.3 is 10.1 Å². The first-order valence-corrected chi connectivity index (χ1v) is 11.2. The van der Waals surface area contributed by atoms with Crippen LogP contribution in [0.15, 0.2) is 24.3 Å². The minimum absolute atomic E-state index is 0.750. The molecule has 2 heteroatoms. The number of carbonyl (C=O) groups is 1. The molecule has 27 heavy (non-hydrogen) atoms. The molecule has 0 spiro atoms. The Morgan fingerprint density at radius 2 is 1.26 bits per heavy atom. The maximum Gasteiger partial charge on any atom is 0.116 e. The van der Waals surface area contributed by atoms with Gasteiger partial charge in [0.05, 0.1) is 0 Å². The van der Waals surface area contributed by atoms with Gasteiger partial charge in [-0.05, 0) is 49.8 Å². The normalized spacial score (nSPS) is 9.89. The predicted octanol–water partition coefficient (Wildman–Crippen LogP) is 7.35. The summed E-state index contributed by atoms with van der Waals surface area (Å²) in [7, 11) is 0. The van der Waals surface area contributed by atoms with Crippen molar-refractivity contribution in [2.24, 2.45) is 5.92 Å². The zero-order valence-electron chi connectivity index (χ0n) is 19.2. The lowest BCUT2D eigenvalue weighted by Crippen LogP contribution is -2.14. The lowest BCUT2D eigenvalue weighted by atomic mass is 10.0. The molecule has 0 atom stereocenters. The molecule has 0 unspecified atom stereocenters. The number of nitrogens with one attached hydrogen (secondary N) is 1. The number of aldehydes is 1. The number of hydrogen-bond acceptors (Lipinski definition) is 2. The molecule has 0 aliphatic heterocycles. The van der Waals surface area contributed by atoms with Crippen LogP contribution >= 0.6 is 0 Å². The number of unbranched alkanes of at least 4 members (excludes halogenated alkanes) is 6. The third-order valence-electron chi connectivity index (χ3n) is 3.88. The summed E-state index contributed by atoms with van der Waals surface area (Å²) in [6.45, 7) is 14.6. The van der Waals surface area contributed by atoms with Crippen molar-refractivity contribution in [3.8, 4) is 0 Å². The molecule has 0 saturated heterocycles. The molecular weight excluding hydrogens is 330 g/mol. The van der Waals surface area contributed by atoms with Gasteiger partial charge >= 0.3 is 0 Å². The van der Waals surface area contributed by atoms with Gasteiger partial charge in [-0.3, -0.25) is 0 Å². The van der Waals surface area contributed by atoms with E-state index in [4.69, 9.17) is 4.79 Å². The molecule has 0 aliphatic carbocycles. The lowest BCUT2D eigenvalue weighted by Gasteiger charge is -2.06. The molecular formula is C25H47NO. The molecule has 158 valence electrons. The largest absolute Gasteiger partial charge is 0.313 e. The summed E-state index contributed by atoms with van der Waals surface area (Å²) in [5.41, 5.74) is 2.91. The Balaban J connectivity index is 0. The fourth-order valence-corrected chi connectivity index (χ4v) is 2.47. The monoisotopic (exact) mass is 377 g/mol. The van der Waals surface area contributed by atoms with E-state index in [0.717, 1.165) is 25.3 Å². The van der Waals surface area contributed by atoms with Crippen molar-refractivity contribution in [3.63, 3.8) is 0 Å². The van der Waals surface area contributed by atoms with Gasteiger partial charge in [0.15, 0.2) is 0 Å². The van der Waals surface area contributed by atoms with E-state index >= 15 is 0 Å². The van der Waals surface area contributed by atoms with Gasteiger partial charge in [-0.1, -0.05) is 97.4 Å². The van der Waals surface area contributed by atoms with Crippen molar-refractivity contribution >= 4 is 6.29 Å². The van der Waals surface area contributed by atoms with Crippen LogP contribution in [0.5, 0.6) is 0 Å². The van der Waals surface area contributed by atoms with Gasteiger partial charge in [-0.2, -0.15) is 0 Å². The van der Waals surface area contributed by atoms with Crippen LogP contribution in [-0.2, 0) is 17.8 Å². The summed E-state index contributed by atoms with van der Waals surface area (Å²) in [5.74, 6) is 0.833. The average Bonchev–Trinajstić information content (AvgIpc) is 2.63. The van der Waals surface area contributed by atoms with Crippen molar-refractivity contribution in [1.29, 1.82) is 0 Å². The highest BCUT2D eigenvalue weighted by Gasteiger charge is 1.96. The molecule has 0 saturated carbocycles. The molecule has 1 rings (SSSR count). The summed E-state index contributed by atoms with van der Waals surface area (Å²) in [6, 6.07) is 9.18. The highest BCUT2D eigenvalue weighted by Crippen LogP contribution is 2.11. The quantitative estimate of drug-likeness (QED) is 0.305. The van der Waals surface area contributed by atoms with Crippen molar-refractivity contribution in [1.82, 2.24) is 5.32 Å². The van der Waals surface area contributed by atoms with Gasteiger partial charge in [-0.15, -0.1) is 0 Å². The second-order valence-corrected chi connectivity index (χ2v) is 7.83. The minimum atomic E-state index is 0.750. The molecule has 0 aromatic heterocycles. The van der Waals surface area contributed by atoms with Crippen molar-refractivity contribution in [2.45, 2.75) is 106 Å². The topological polar surface area (TPSA) is 29.1 Å². The Kier molecular flexibility index (Phi) is 23.8. The summed E-state index contributed by atoms with van der Waals surface area (Å²) in [4.78, 5) is 8.81. The third-order valence-corrected chi connectivity index (χ3v) is 3.88. The molecule has 0 amide bonds. The zero-order valence-corrected chi connectivity index (χ0v) is 19.2. The zero-order chi connectivity index (χ0) is 20.8. The van der Waals surface area contributed by atoms with Gasteiger partial charge in [0.25, 0.3) is 0 Å². The van der Waals surface area contributed by atoms with Gasteiger partial charge in [-0.25, -0.2) is 0 Å². The first-order valence-electron chi connectivity index (χ1n) is 11.2. The molecule has 0 bridgehead atoms. The van der Waals surface area contributed by atoms with E-state index in [9.17, 15) is 0 Å². The Bertz CT molecular complexity index is 395. The van der Waals surface area contributed by atoms with E-state index < -0.39 is 0 Å². The van der Waals surface area contributed by atoms with E-state index in [1.54, 1.807) is 0 Å². The maximum atomic E-state index is 8.81. The Labute approximate surface area is 170 Å². The molecule has 2 nitrogen and oxygen atoms in total. The molecule has 0 aliphatic rings. The summed E-state index contributed by atoms with van der Waals surface area (Å²) < 4.78 is 0. The molecule has 0 radical (unpaired) electrons. The Hall–Kier alpha value is -1.15. The first-order chi connectivity index (χ1) is 13.0. The summed E-state index contributed by atoms with van der Waals surface area (Å²) >= 11 is 0. The van der Waals surface area contributed by atoms with Gasteiger partial charge in [0, 0.05) is 6.54 Å². The molecule has 0 fully saturated rings. The lowest BCUT2D eigenvalue weighted by molar-refractivity contribution is -0.106. The fourth-order valence-electron chi connectivity index (χ4n) is 2.47. The van der Waals surface area contributed by atoms with E-state index in [-0.39, 0.29) is 0 Å². The number of aryl methyl sites for hydroxylation is 1. The van der Waals surface area contributed by atoms with E-state index in [1.165, 1.54) is 75.8 Å². The fraction of sp³-hybridized carbons (Fsp3) is 0.720. The standard InChI is InChI=1S/C19H33N.C4H10.C2H4O/c1-3-5-7-8-9-10-11-18-12-14-19(15-13-18)17-20-16-6-4-2;1-4(2)3;1-2-3/h12-15,20H,3-11,16-17H2,1-2H3;4H,1-3H3;2H,1H3. The van der Waals surface area contributed by atoms with Crippen LogP contribution in [0, 0.1) is 5.92 Å². The average molecular weight is 378 g/mol. The Morgan fingerprint density at radius 3 is 1.78 bits per heavy atom. The van der Waals surface area contributed by atoms with Crippen LogP contribution in [0.3, 0.4) is 0 Å². The van der Waals surface area contributed by atoms with Crippen LogP contribution in [0.2, 0.25) is 0 Å².